The number of halogens is 1. The molecule has 0 spiro atoms. The fourth-order valence-electron chi connectivity index (χ4n) is 2.24. The van der Waals surface area contributed by atoms with Crippen molar-refractivity contribution in [2.24, 2.45) is 0 Å². The molecule has 0 aliphatic rings. The van der Waals surface area contributed by atoms with Crippen LogP contribution < -0.4 is 0 Å². The number of carbonyl (C=O) groups is 1. The molecule has 0 fully saturated rings. The molecule has 0 bridgehead atoms. The summed E-state index contributed by atoms with van der Waals surface area (Å²) in [5.74, 6) is 1.11. The van der Waals surface area contributed by atoms with Crippen molar-refractivity contribution < 1.29 is 4.79 Å². The average Bonchev–Trinajstić information content (AvgIpc) is 3.09. The van der Waals surface area contributed by atoms with Gasteiger partial charge in [-0.1, -0.05) is 70.2 Å². The normalized spacial score (nSPS) is 10.7. The van der Waals surface area contributed by atoms with Crippen LogP contribution in [0.4, 0.5) is 0 Å². The maximum Gasteiger partial charge on any atom is 0.162 e. The summed E-state index contributed by atoms with van der Waals surface area (Å²) in [5, 5.41) is 2.09. The number of Topliss-reactive ketones (excluding diaryl/α,β-unsaturated/α-hetero) is 1. The number of ketones is 1. The number of benzene rings is 2. The molecular weight excluding hydrogens is 402 g/mol. The predicted octanol–water partition coefficient (Wildman–Crippen LogP) is 6.33. The fraction of sp³-hybridized carbons (Fsp3) is 0.158. The Balaban J connectivity index is 1.46. The lowest BCUT2D eigenvalue weighted by molar-refractivity contribution is 0.0982. The smallest absolute Gasteiger partial charge is 0.162 e. The summed E-state index contributed by atoms with van der Waals surface area (Å²) in [6, 6.07) is 17.7. The van der Waals surface area contributed by atoms with Crippen LogP contribution in [0.25, 0.3) is 11.3 Å². The summed E-state index contributed by atoms with van der Waals surface area (Å²) < 4.78 is 2.05. The molecule has 0 aliphatic heterocycles. The van der Waals surface area contributed by atoms with Gasteiger partial charge in [0.25, 0.3) is 0 Å². The van der Waals surface area contributed by atoms with Gasteiger partial charge in [-0.05, 0) is 18.6 Å². The largest absolute Gasteiger partial charge is 0.294 e. The maximum atomic E-state index is 12.1. The summed E-state index contributed by atoms with van der Waals surface area (Å²) in [4.78, 5) is 16.8. The third kappa shape index (κ3) is 4.79. The summed E-state index contributed by atoms with van der Waals surface area (Å²) in [7, 11) is 0. The number of aromatic nitrogens is 1. The second-order valence-corrected chi connectivity index (χ2v) is 8.36. The lowest BCUT2D eigenvalue weighted by atomic mass is 10.1. The van der Waals surface area contributed by atoms with Crippen LogP contribution in [0.5, 0.6) is 0 Å². The molecule has 0 amide bonds. The van der Waals surface area contributed by atoms with Gasteiger partial charge in [0, 0.05) is 33.2 Å². The highest BCUT2D eigenvalue weighted by Crippen LogP contribution is 2.28. The molecule has 5 heteroatoms. The van der Waals surface area contributed by atoms with Crippen molar-refractivity contribution in [2.75, 3.05) is 5.75 Å². The molecule has 0 N–H and O–H groups in total. The third-order valence-corrected chi connectivity index (χ3v) is 6.13. The first kappa shape index (κ1) is 17.4. The number of nitrogens with zero attached hydrogens (tertiary/aromatic N) is 1. The first-order chi connectivity index (χ1) is 11.7. The third-order valence-electron chi connectivity index (χ3n) is 3.49. The van der Waals surface area contributed by atoms with Crippen molar-refractivity contribution in [2.45, 2.75) is 17.2 Å². The van der Waals surface area contributed by atoms with Gasteiger partial charge < -0.3 is 0 Å². The molecule has 3 aromatic rings. The molecule has 24 heavy (non-hydrogen) atoms. The first-order valence-electron chi connectivity index (χ1n) is 7.65. The number of hydrogen-bond acceptors (Lipinski definition) is 4. The quantitative estimate of drug-likeness (QED) is 0.255. The standard InChI is InChI=1S/C19H16BrNOS2/c20-16-10-8-15(9-11-16)18(22)7-4-12-23-19-21-17(13-24-19)14-5-2-1-3-6-14/h1-3,5-6,8-11,13H,4,7,12H2. The highest BCUT2D eigenvalue weighted by atomic mass is 79.9. The number of rotatable bonds is 7. The minimum absolute atomic E-state index is 0.201. The van der Waals surface area contributed by atoms with Gasteiger partial charge in [-0.3, -0.25) is 4.79 Å². The van der Waals surface area contributed by atoms with Crippen LogP contribution in [0, 0.1) is 0 Å². The number of carbonyl (C=O) groups excluding carboxylic acids is 1. The molecule has 122 valence electrons. The van der Waals surface area contributed by atoms with E-state index in [1.165, 1.54) is 0 Å². The second kappa shape index (κ2) is 8.60. The topological polar surface area (TPSA) is 30.0 Å². The molecule has 1 heterocycles. The van der Waals surface area contributed by atoms with E-state index in [9.17, 15) is 4.79 Å². The van der Waals surface area contributed by atoms with Crippen LogP contribution in [0.15, 0.2) is 68.8 Å². The van der Waals surface area contributed by atoms with Gasteiger partial charge >= 0.3 is 0 Å². The predicted molar refractivity (Wildman–Crippen MR) is 106 cm³/mol. The minimum atomic E-state index is 0.201. The van der Waals surface area contributed by atoms with Crippen molar-refractivity contribution >= 4 is 44.8 Å². The maximum absolute atomic E-state index is 12.1. The number of thioether (sulfide) groups is 1. The van der Waals surface area contributed by atoms with Gasteiger partial charge in [0.2, 0.25) is 0 Å². The summed E-state index contributed by atoms with van der Waals surface area (Å²) >= 11 is 6.77. The van der Waals surface area contributed by atoms with Crippen LogP contribution in [0.3, 0.4) is 0 Å². The molecule has 0 atom stereocenters. The van der Waals surface area contributed by atoms with Crippen molar-refractivity contribution in [1.82, 2.24) is 4.98 Å². The van der Waals surface area contributed by atoms with E-state index < -0.39 is 0 Å². The Bertz CT molecular complexity index is 800. The van der Waals surface area contributed by atoms with Gasteiger partial charge in [0.1, 0.15) is 0 Å². The van der Waals surface area contributed by atoms with Crippen molar-refractivity contribution in [3.05, 3.63) is 70.0 Å². The zero-order chi connectivity index (χ0) is 16.8. The van der Waals surface area contributed by atoms with E-state index in [1.54, 1.807) is 23.1 Å². The average molecular weight is 418 g/mol. The molecule has 0 saturated heterocycles. The fourth-order valence-corrected chi connectivity index (χ4v) is 4.35. The first-order valence-corrected chi connectivity index (χ1v) is 10.3. The highest BCUT2D eigenvalue weighted by Gasteiger charge is 2.07. The SMILES string of the molecule is O=C(CCCSc1nc(-c2ccccc2)cs1)c1ccc(Br)cc1. The minimum Gasteiger partial charge on any atom is -0.294 e. The molecular formula is C19H16BrNOS2. The Hall–Kier alpha value is -1.43. The lowest BCUT2D eigenvalue weighted by Gasteiger charge is -2.01. The molecule has 0 unspecified atom stereocenters. The van der Waals surface area contributed by atoms with Crippen molar-refractivity contribution in [3.63, 3.8) is 0 Å². The zero-order valence-electron chi connectivity index (χ0n) is 12.9. The van der Waals surface area contributed by atoms with Gasteiger partial charge in [0.15, 0.2) is 10.1 Å². The molecule has 1 aromatic heterocycles. The van der Waals surface area contributed by atoms with Gasteiger partial charge in [-0.15, -0.1) is 11.3 Å². The number of hydrogen-bond donors (Lipinski definition) is 0. The van der Waals surface area contributed by atoms with Crippen LogP contribution in [0.2, 0.25) is 0 Å². The Labute approximate surface area is 158 Å². The summed E-state index contributed by atoms with van der Waals surface area (Å²) in [6.07, 6.45) is 1.44. The Morgan fingerprint density at radius 2 is 1.83 bits per heavy atom. The molecule has 2 nitrogen and oxygen atoms in total. The van der Waals surface area contributed by atoms with Crippen LogP contribution in [0.1, 0.15) is 23.2 Å². The van der Waals surface area contributed by atoms with E-state index in [0.29, 0.717) is 6.42 Å². The van der Waals surface area contributed by atoms with E-state index in [1.807, 2.05) is 42.5 Å². The van der Waals surface area contributed by atoms with Crippen molar-refractivity contribution in [1.29, 1.82) is 0 Å². The Kier molecular flexibility index (Phi) is 6.24. The monoisotopic (exact) mass is 417 g/mol. The Morgan fingerprint density at radius 1 is 1.08 bits per heavy atom. The number of thiazole rings is 1. The summed E-state index contributed by atoms with van der Waals surface area (Å²) in [5.41, 5.74) is 2.95. The van der Waals surface area contributed by atoms with E-state index in [2.05, 4.69) is 38.4 Å². The second-order valence-electron chi connectivity index (χ2n) is 5.25. The van der Waals surface area contributed by atoms with Crippen LogP contribution in [-0.4, -0.2) is 16.5 Å². The molecule has 2 aromatic carbocycles. The van der Waals surface area contributed by atoms with E-state index in [4.69, 9.17) is 0 Å². The van der Waals surface area contributed by atoms with E-state index in [-0.39, 0.29) is 5.78 Å². The molecule has 0 saturated carbocycles. The highest BCUT2D eigenvalue weighted by molar-refractivity contribution is 9.10. The van der Waals surface area contributed by atoms with Crippen LogP contribution >= 0.6 is 39.0 Å². The van der Waals surface area contributed by atoms with Gasteiger partial charge in [0.05, 0.1) is 5.69 Å². The van der Waals surface area contributed by atoms with Crippen LogP contribution in [-0.2, 0) is 0 Å². The van der Waals surface area contributed by atoms with E-state index in [0.717, 1.165) is 37.8 Å². The Morgan fingerprint density at radius 3 is 2.58 bits per heavy atom. The van der Waals surface area contributed by atoms with Crippen molar-refractivity contribution in [3.8, 4) is 11.3 Å². The lowest BCUT2D eigenvalue weighted by Crippen LogP contribution is -1.99. The van der Waals surface area contributed by atoms with Gasteiger partial charge in [-0.25, -0.2) is 4.98 Å². The molecule has 0 radical (unpaired) electrons. The summed E-state index contributed by atoms with van der Waals surface area (Å²) in [6.45, 7) is 0. The molecule has 0 aliphatic carbocycles. The van der Waals surface area contributed by atoms with Gasteiger partial charge in [-0.2, -0.15) is 0 Å². The zero-order valence-corrected chi connectivity index (χ0v) is 16.2. The van der Waals surface area contributed by atoms with E-state index >= 15 is 0 Å². The molecule has 3 rings (SSSR count).